The van der Waals surface area contributed by atoms with Crippen LogP contribution in [0.3, 0.4) is 0 Å². The topological polar surface area (TPSA) is 75.3 Å². The molecule has 2 N–H and O–H groups in total. The normalized spacial score (nSPS) is 20.0. The number of hydrogen-bond acceptors (Lipinski definition) is 3. The highest BCUT2D eigenvalue weighted by atomic mass is 79.9. The molecule has 1 aliphatic heterocycles. The zero-order valence-corrected chi connectivity index (χ0v) is 13.2. The van der Waals surface area contributed by atoms with E-state index in [9.17, 15) is 22.0 Å². The van der Waals surface area contributed by atoms with E-state index in [1.54, 1.807) is 0 Å². The van der Waals surface area contributed by atoms with Gasteiger partial charge >= 0.3 is 0 Å². The molecule has 0 aliphatic carbocycles. The molecule has 0 aromatic heterocycles. The van der Waals surface area contributed by atoms with Gasteiger partial charge < -0.3 is 5.32 Å². The molecule has 1 saturated heterocycles. The lowest BCUT2D eigenvalue weighted by atomic mass is 10.1. The van der Waals surface area contributed by atoms with Crippen molar-refractivity contribution >= 4 is 31.9 Å². The molecule has 21 heavy (non-hydrogen) atoms. The number of sulfonamides is 1. The van der Waals surface area contributed by atoms with Gasteiger partial charge in [-0.3, -0.25) is 4.79 Å². The SMILES string of the molecule is O=C1NCCCCC1NS(=O)(=O)c1c(F)cc(F)cc1Br. The first-order chi connectivity index (χ1) is 9.81. The Labute approximate surface area is 129 Å². The Kier molecular flexibility index (Phi) is 4.95. The van der Waals surface area contributed by atoms with Gasteiger partial charge in [0.25, 0.3) is 0 Å². The summed E-state index contributed by atoms with van der Waals surface area (Å²) in [4.78, 5) is 11.0. The van der Waals surface area contributed by atoms with Gasteiger partial charge in [0.15, 0.2) is 0 Å². The molecule has 1 unspecified atom stereocenters. The van der Waals surface area contributed by atoms with Crippen LogP contribution in [-0.2, 0) is 14.8 Å². The van der Waals surface area contributed by atoms with Crippen molar-refractivity contribution in [3.05, 3.63) is 28.2 Å². The van der Waals surface area contributed by atoms with Crippen LogP contribution in [0.25, 0.3) is 0 Å². The molecule has 0 bridgehead atoms. The molecule has 1 atom stereocenters. The molecular weight excluding hydrogens is 370 g/mol. The summed E-state index contributed by atoms with van der Waals surface area (Å²) >= 11 is 2.83. The van der Waals surface area contributed by atoms with E-state index >= 15 is 0 Å². The summed E-state index contributed by atoms with van der Waals surface area (Å²) in [6, 6.07) is 0.367. The average Bonchev–Trinajstić information content (AvgIpc) is 2.52. The Morgan fingerprint density at radius 1 is 1.29 bits per heavy atom. The Hall–Kier alpha value is -1.06. The Bertz CT molecular complexity index is 643. The monoisotopic (exact) mass is 382 g/mol. The van der Waals surface area contributed by atoms with Gasteiger partial charge in [-0.25, -0.2) is 17.2 Å². The lowest BCUT2D eigenvalue weighted by Crippen LogP contribution is -2.45. The van der Waals surface area contributed by atoms with Crippen molar-refractivity contribution in [2.75, 3.05) is 6.54 Å². The summed E-state index contributed by atoms with van der Waals surface area (Å²) < 4.78 is 53.2. The number of carbonyl (C=O) groups is 1. The molecule has 9 heteroatoms. The molecule has 0 spiro atoms. The summed E-state index contributed by atoms with van der Waals surface area (Å²) in [5.74, 6) is -2.57. The quantitative estimate of drug-likeness (QED) is 0.834. The largest absolute Gasteiger partial charge is 0.355 e. The first-order valence-electron chi connectivity index (χ1n) is 6.26. The first kappa shape index (κ1) is 16.3. The third-order valence-corrected chi connectivity index (χ3v) is 5.50. The summed E-state index contributed by atoms with van der Waals surface area (Å²) in [7, 11) is -4.29. The maximum Gasteiger partial charge on any atom is 0.245 e. The predicted octanol–water partition coefficient (Wildman–Crippen LogP) is 1.67. The summed E-state index contributed by atoms with van der Waals surface area (Å²) in [5.41, 5.74) is 0. The van der Waals surface area contributed by atoms with Crippen LogP contribution in [0.1, 0.15) is 19.3 Å². The van der Waals surface area contributed by atoms with Crippen LogP contribution >= 0.6 is 15.9 Å². The summed E-state index contributed by atoms with van der Waals surface area (Å²) in [5, 5.41) is 2.58. The molecular formula is C12H13BrF2N2O3S. The van der Waals surface area contributed by atoms with Gasteiger partial charge in [0.2, 0.25) is 15.9 Å². The minimum Gasteiger partial charge on any atom is -0.355 e. The van der Waals surface area contributed by atoms with E-state index in [-0.39, 0.29) is 4.47 Å². The van der Waals surface area contributed by atoms with E-state index in [0.717, 1.165) is 12.5 Å². The zero-order chi connectivity index (χ0) is 15.6. The van der Waals surface area contributed by atoms with E-state index in [2.05, 4.69) is 26.0 Å². The average molecular weight is 383 g/mol. The van der Waals surface area contributed by atoms with Crippen LogP contribution in [0.4, 0.5) is 8.78 Å². The molecule has 2 rings (SSSR count). The summed E-state index contributed by atoms with van der Waals surface area (Å²) in [6.45, 7) is 0.478. The number of hydrogen-bond donors (Lipinski definition) is 2. The molecule has 1 heterocycles. The smallest absolute Gasteiger partial charge is 0.245 e. The second kappa shape index (κ2) is 6.37. The fourth-order valence-electron chi connectivity index (χ4n) is 2.08. The highest BCUT2D eigenvalue weighted by Gasteiger charge is 2.30. The predicted molar refractivity (Wildman–Crippen MR) is 75.0 cm³/mol. The Morgan fingerprint density at radius 3 is 2.67 bits per heavy atom. The molecule has 116 valence electrons. The minimum absolute atomic E-state index is 0.235. The van der Waals surface area contributed by atoms with E-state index < -0.39 is 38.5 Å². The van der Waals surface area contributed by atoms with E-state index in [0.29, 0.717) is 25.5 Å². The van der Waals surface area contributed by atoms with Crippen molar-refractivity contribution in [1.29, 1.82) is 0 Å². The number of halogens is 3. The Morgan fingerprint density at radius 2 is 2.00 bits per heavy atom. The fraction of sp³-hybridized carbons (Fsp3) is 0.417. The van der Waals surface area contributed by atoms with E-state index in [1.165, 1.54) is 0 Å². The zero-order valence-electron chi connectivity index (χ0n) is 10.8. The van der Waals surface area contributed by atoms with E-state index in [1.807, 2.05) is 0 Å². The molecule has 1 fully saturated rings. The first-order valence-corrected chi connectivity index (χ1v) is 8.53. The van der Waals surface area contributed by atoms with E-state index in [4.69, 9.17) is 0 Å². The molecule has 1 aliphatic rings. The lowest BCUT2D eigenvalue weighted by Gasteiger charge is -2.16. The number of rotatable bonds is 3. The van der Waals surface area contributed by atoms with Crippen LogP contribution in [0, 0.1) is 11.6 Å². The third kappa shape index (κ3) is 3.78. The second-order valence-corrected chi connectivity index (χ2v) is 7.16. The van der Waals surface area contributed by atoms with Gasteiger partial charge in [0.05, 0.1) is 0 Å². The second-order valence-electron chi connectivity index (χ2n) is 4.66. The van der Waals surface area contributed by atoms with Crippen molar-refractivity contribution in [3.8, 4) is 0 Å². The van der Waals surface area contributed by atoms with Gasteiger partial charge in [-0.05, 0) is 41.3 Å². The van der Waals surface area contributed by atoms with Crippen molar-refractivity contribution in [2.45, 2.75) is 30.2 Å². The molecule has 1 aromatic carbocycles. The number of benzene rings is 1. The third-order valence-electron chi connectivity index (χ3n) is 3.06. The highest BCUT2D eigenvalue weighted by Crippen LogP contribution is 2.26. The number of carbonyl (C=O) groups excluding carboxylic acids is 1. The lowest BCUT2D eigenvalue weighted by molar-refractivity contribution is -0.122. The maximum absolute atomic E-state index is 13.7. The van der Waals surface area contributed by atoms with Gasteiger partial charge in [-0.15, -0.1) is 0 Å². The molecule has 0 radical (unpaired) electrons. The fourth-order valence-corrected chi connectivity index (χ4v) is 4.48. The summed E-state index contributed by atoms with van der Waals surface area (Å²) in [6.07, 6.45) is 1.74. The minimum atomic E-state index is -4.29. The standard InChI is InChI=1S/C12H13BrF2N2O3S/c13-8-5-7(14)6-9(15)11(8)21(19,20)17-10-3-1-2-4-16-12(10)18/h5-6,10,17H,1-4H2,(H,16,18). The van der Waals surface area contributed by atoms with Gasteiger partial charge in [-0.2, -0.15) is 4.72 Å². The maximum atomic E-state index is 13.7. The molecule has 5 nitrogen and oxygen atoms in total. The molecule has 1 aromatic rings. The Balaban J connectivity index is 2.32. The number of nitrogens with one attached hydrogen (secondary N) is 2. The van der Waals surface area contributed by atoms with Crippen molar-refractivity contribution < 1.29 is 22.0 Å². The van der Waals surface area contributed by atoms with Gasteiger partial charge in [0.1, 0.15) is 22.6 Å². The van der Waals surface area contributed by atoms with Crippen molar-refractivity contribution in [2.24, 2.45) is 0 Å². The van der Waals surface area contributed by atoms with Crippen molar-refractivity contribution in [3.63, 3.8) is 0 Å². The molecule has 1 amide bonds. The van der Waals surface area contributed by atoms with Crippen LogP contribution in [0.5, 0.6) is 0 Å². The van der Waals surface area contributed by atoms with Gasteiger partial charge in [0, 0.05) is 17.1 Å². The molecule has 0 saturated carbocycles. The van der Waals surface area contributed by atoms with Crippen LogP contribution in [0.15, 0.2) is 21.5 Å². The van der Waals surface area contributed by atoms with Crippen molar-refractivity contribution in [1.82, 2.24) is 10.0 Å². The van der Waals surface area contributed by atoms with Gasteiger partial charge in [-0.1, -0.05) is 0 Å². The highest BCUT2D eigenvalue weighted by molar-refractivity contribution is 9.10. The number of amides is 1. The van der Waals surface area contributed by atoms with Crippen LogP contribution in [0.2, 0.25) is 0 Å². The van der Waals surface area contributed by atoms with Crippen LogP contribution < -0.4 is 10.0 Å². The van der Waals surface area contributed by atoms with Crippen LogP contribution in [-0.4, -0.2) is 26.9 Å².